The largest absolute Gasteiger partial charge is 0.349 e. The SMILES string of the molecule is CN=C(NCc1noc(C(C)(C)C)n1)N1CCN(c2ncccn2)CC1. The van der Waals surface area contributed by atoms with Crippen molar-refractivity contribution in [2.24, 2.45) is 4.99 Å². The summed E-state index contributed by atoms with van der Waals surface area (Å²) in [6, 6.07) is 1.83. The first kappa shape index (κ1) is 18.1. The number of nitrogens with one attached hydrogen (secondary N) is 1. The zero-order valence-corrected chi connectivity index (χ0v) is 15.8. The molecule has 0 saturated carbocycles. The molecule has 9 nitrogen and oxygen atoms in total. The highest BCUT2D eigenvalue weighted by molar-refractivity contribution is 5.80. The normalized spacial score (nSPS) is 16.1. The minimum atomic E-state index is -0.150. The van der Waals surface area contributed by atoms with Gasteiger partial charge in [0.2, 0.25) is 11.8 Å². The third kappa shape index (κ3) is 4.27. The van der Waals surface area contributed by atoms with E-state index < -0.39 is 0 Å². The van der Waals surface area contributed by atoms with E-state index in [1.165, 1.54) is 0 Å². The van der Waals surface area contributed by atoms with Crippen molar-refractivity contribution in [1.82, 2.24) is 30.3 Å². The number of hydrogen-bond donors (Lipinski definition) is 1. The van der Waals surface area contributed by atoms with Crippen LogP contribution in [0.3, 0.4) is 0 Å². The molecule has 1 saturated heterocycles. The molecule has 0 spiro atoms. The molecule has 2 aromatic rings. The Morgan fingerprint density at radius 1 is 1.19 bits per heavy atom. The number of rotatable bonds is 3. The van der Waals surface area contributed by atoms with Crippen LogP contribution in [0.25, 0.3) is 0 Å². The summed E-state index contributed by atoms with van der Waals surface area (Å²) in [5.74, 6) is 2.88. The molecular weight excluding hydrogens is 332 g/mol. The van der Waals surface area contributed by atoms with E-state index in [1.54, 1.807) is 19.4 Å². The van der Waals surface area contributed by atoms with Crippen LogP contribution in [0.5, 0.6) is 0 Å². The highest BCUT2D eigenvalue weighted by Crippen LogP contribution is 2.19. The van der Waals surface area contributed by atoms with E-state index >= 15 is 0 Å². The Hall–Kier alpha value is -2.71. The van der Waals surface area contributed by atoms with Crippen LogP contribution in [0.15, 0.2) is 28.0 Å². The summed E-state index contributed by atoms with van der Waals surface area (Å²) < 4.78 is 5.33. The molecule has 3 rings (SSSR count). The van der Waals surface area contributed by atoms with Crippen LogP contribution < -0.4 is 10.2 Å². The summed E-state index contributed by atoms with van der Waals surface area (Å²) in [5.41, 5.74) is -0.150. The fourth-order valence-electron chi connectivity index (χ4n) is 2.69. The van der Waals surface area contributed by atoms with Crippen molar-refractivity contribution in [2.45, 2.75) is 32.7 Å². The monoisotopic (exact) mass is 358 g/mol. The predicted octanol–water partition coefficient (Wildman–Crippen LogP) is 1.05. The van der Waals surface area contributed by atoms with E-state index in [0.717, 1.165) is 38.1 Å². The second-order valence-corrected chi connectivity index (χ2v) is 7.19. The maximum absolute atomic E-state index is 5.33. The smallest absolute Gasteiger partial charge is 0.232 e. The third-order valence-electron chi connectivity index (χ3n) is 4.14. The Bertz CT molecular complexity index is 729. The van der Waals surface area contributed by atoms with E-state index in [4.69, 9.17) is 4.52 Å². The van der Waals surface area contributed by atoms with Gasteiger partial charge in [0.15, 0.2) is 11.8 Å². The number of piperazine rings is 1. The minimum Gasteiger partial charge on any atom is -0.349 e. The first-order chi connectivity index (χ1) is 12.5. The quantitative estimate of drug-likeness (QED) is 0.643. The number of aromatic nitrogens is 4. The van der Waals surface area contributed by atoms with Gasteiger partial charge in [0, 0.05) is 51.0 Å². The Morgan fingerprint density at radius 2 is 1.88 bits per heavy atom. The van der Waals surface area contributed by atoms with E-state index in [0.29, 0.717) is 18.3 Å². The molecule has 0 radical (unpaired) electrons. The summed E-state index contributed by atoms with van der Waals surface area (Å²) >= 11 is 0. The van der Waals surface area contributed by atoms with Gasteiger partial charge in [-0.3, -0.25) is 4.99 Å². The first-order valence-electron chi connectivity index (χ1n) is 8.78. The van der Waals surface area contributed by atoms with Crippen LogP contribution in [0, 0.1) is 0 Å². The van der Waals surface area contributed by atoms with Gasteiger partial charge in [0.25, 0.3) is 0 Å². The molecule has 0 bridgehead atoms. The van der Waals surface area contributed by atoms with Crippen molar-refractivity contribution < 1.29 is 4.52 Å². The van der Waals surface area contributed by atoms with Crippen molar-refractivity contribution >= 4 is 11.9 Å². The molecule has 1 aliphatic rings. The fourth-order valence-corrected chi connectivity index (χ4v) is 2.69. The van der Waals surface area contributed by atoms with Gasteiger partial charge in [-0.05, 0) is 6.07 Å². The van der Waals surface area contributed by atoms with Crippen LogP contribution in [0.1, 0.15) is 32.5 Å². The van der Waals surface area contributed by atoms with Crippen molar-refractivity contribution in [3.05, 3.63) is 30.2 Å². The average Bonchev–Trinajstić information content (AvgIpc) is 3.13. The van der Waals surface area contributed by atoms with Crippen molar-refractivity contribution in [1.29, 1.82) is 0 Å². The van der Waals surface area contributed by atoms with Gasteiger partial charge in [0.05, 0.1) is 6.54 Å². The Morgan fingerprint density at radius 3 is 2.46 bits per heavy atom. The summed E-state index contributed by atoms with van der Waals surface area (Å²) in [7, 11) is 1.78. The molecule has 9 heteroatoms. The Kier molecular flexibility index (Phi) is 5.34. The van der Waals surface area contributed by atoms with Gasteiger partial charge in [-0.25, -0.2) is 9.97 Å². The molecule has 1 N–H and O–H groups in total. The number of anilines is 1. The molecule has 0 aliphatic carbocycles. The number of nitrogens with zero attached hydrogens (tertiary/aromatic N) is 7. The highest BCUT2D eigenvalue weighted by atomic mass is 16.5. The fraction of sp³-hybridized carbons (Fsp3) is 0.588. The molecule has 26 heavy (non-hydrogen) atoms. The van der Waals surface area contributed by atoms with Gasteiger partial charge < -0.3 is 19.6 Å². The molecule has 3 heterocycles. The summed E-state index contributed by atoms with van der Waals surface area (Å²) in [6.45, 7) is 10.0. The molecule has 0 aromatic carbocycles. The van der Waals surface area contributed by atoms with Gasteiger partial charge in [-0.2, -0.15) is 4.98 Å². The lowest BCUT2D eigenvalue weighted by Crippen LogP contribution is -2.52. The number of guanidine groups is 1. The van der Waals surface area contributed by atoms with E-state index in [-0.39, 0.29) is 5.41 Å². The number of aliphatic imine (C=N–C) groups is 1. The molecular formula is C17H26N8O. The summed E-state index contributed by atoms with van der Waals surface area (Å²) in [5, 5.41) is 7.35. The van der Waals surface area contributed by atoms with Gasteiger partial charge in [-0.1, -0.05) is 25.9 Å². The molecule has 0 unspecified atom stereocenters. The Balaban J connectivity index is 1.53. The highest BCUT2D eigenvalue weighted by Gasteiger charge is 2.23. The third-order valence-corrected chi connectivity index (χ3v) is 4.14. The molecule has 0 amide bonds. The lowest BCUT2D eigenvalue weighted by atomic mass is 9.97. The Labute approximate surface area is 153 Å². The first-order valence-corrected chi connectivity index (χ1v) is 8.78. The molecule has 1 fully saturated rings. The van der Waals surface area contributed by atoms with Crippen LogP contribution in [-0.2, 0) is 12.0 Å². The zero-order chi connectivity index (χ0) is 18.6. The summed E-state index contributed by atoms with van der Waals surface area (Å²) in [4.78, 5) is 21.8. The molecule has 2 aromatic heterocycles. The van der Waals surface area contributed by atoms with Crippen molar-refractivity contribution in [3.63, 3.8) is 0 Å². The maximum atomic E-state index is 5.33. The maximum Gasteiger partial charge on any atom is 0.232 e. The topological polar surface area (TPSA) is 95.6 Å². The standard InChI is InChI=1S/C17H26N8O/c1-17(2,3)14-22-13(23-26-14)12-21-15(18-4)24-8-10-25(11-9-24)16-19-6-5-7-20-16/h5-7H,8-12H2,1-4H3,(H,18,21). The van der Waals surface area contributed by atoms with Gasteiger partial charge >= 0.3 is 0 Å². The van der Waals surface area contributed by atoms with E-state index in [9.17, 15) is 0 Å². The summed E-state index contributed by atoms with van der Waals surface area (Å²) in [6.07, 6.45) is 3.54. The second-order valence-electron chi connectivity index (χ2n) is 7.19. The van der Waals surface area contributed by atoms with Crippen LogP contribution in [0.2, 0.25) is 0 Å². The van der Waals surface area contributed by atoms with E-state index in [2.05, 4.69) is 40.2 Å². The van der Waals surface area contributed by atoms with Crippen LogP contribution in [-0.4, -0.2) is 64.2 Å². The minimum absolute atomic E-state index is 0.150. The van der Waals surface area contributed by atoms with Crippen LogP contribution >= 0.6 is 0 Å². The predicted molar refractivity (Wildman–Crippen MR) is 99.0 cm³/mol. The average molecular weight is 358 g/mol. The lowest BCUT2D eigenvalue weighted by molar-refractivity contribution is 0.317. The molecule has 1 aliphatic heterocycles. The van der Waals surface area contributed by atoms with Gasteiger partial charge in [-0.15, -0.1) is 0 Å². The molecule has 0 atom stereocenters. The lowest BCUT2D eigenvalue weighted by Gasteiger charge is -2.36. The van der Waals surface area contributed by atoms with Gasteiger partial charge in [0.1, 0.15) is 0 Å². The molecule has 140 valence electrons. The number of hydrogen-bond acceptors (Lipinski definition) is 7. The van der Waals surface area contributed by atoms with Crippen molar-refractivity contribution in [2.75, 3.05) is 38.1 Å². The zero-order valence-electron chi connectivity index (χ0n) is 15.8. The van der Waals surface area contributed by atoms with Crippen molar-refractivity contribution in [3.8, 4) is 0 Å². The van der Waals surface area contributed by atoms with E-state index in [1.807, 2.05) is 26.8 Å². The van der Waals surface area contributed by atoms with Crippen LogP contribution in [0.4, 0.5) is 5.95 Å². The second kappa shape index (κ2) is 7.67.